The Kier molecular flexibility index (Phi) is 5.13. The third-order valence-electron chi connectivity index (χ3n) is 3.31. The molecule has 1 aliphatic carbocycles. The third kappa shape index (κ3) is 4.01. The number of aromatic nitrogens is 3. The minimum absolute atomic E-state index is 0.0727. The first kappa shape index (κ1) is 16.2. The Morgan fingerprint density at radius 3 is 2.65 bits per heavy atom. The van der Waals surface area contributed by atoms with E-state index in [1.54, 1.807) is 48.1 Å². The number of carbonyl (C=O) groups excluding carboxylic acids is 1. The Labute approximate surface area is 145 Å². The second-order valence-corrected chi connectivity index (χ2v) is 5.77. The lowest BCUT2D eigenvalue weighted by molar-refractivity contribution is -0.113. The lowest BCUT2D eigenvalue weighted by atomic mass is 9.94. The van der Waals surface area contributed by atoms with Crippen LogP contribution in [0.1, 0.15) is 5.56 Å². The summed E-state index contributed by atoms with van der Waals surface area (Å²) in [5.41, 5.74) is 1.29. The molecule has 0 saturated heterocycles. The van der Waals surface area contributed by atoms with Gasteiger partial charge in [-0.2, -0.15) is 5.10 Å². The molecular weight excluding hydrogens is 333 g/mol. The van der Waals surface area contributed by atoms with Gasteiger partial charge >= 0.3 is 0 Å². The lowest BCUT2D eigenvalue weighted by Gasteiger charge is -2.12. The second kappa shape index (κ2) is 7.28. The smallest absolute Gasteiger partial charge is 0.168 e. The molecule has 3 rings (SSSR count). The number of hydrogen-bond donors (Lipinski definition) is 0. The van der Waals surface area contributed by atoms with Crippen LogP contribution in [0.15, 0.2) is 36.4 Å². The fourth-order valence-electron chi connectivity index (χ4n) is 2.19. The van der Waals surface area contributed by atoms with Crippen molar-refractivity contribution in [3.05, 3.63) is 83.6 Å². The Morgan fingerprint density at radius 2 is 2.00 bits per heavy atom. The number of nitrogens with zero attached hydrogens (tertiary/aromatic N) is 3. The normalized spacial score (nSPS) is 16.0. The first-order chi connectivity index (χ1) is 11.1. The average molecular weight is 345 g/mol. The lowest BCUT2D eigenvalue weighted by Crippen LogP contribution is -2.17. The highest BCUT2D eigenvalue weighted by molar-refractivity contribution is 6.35. The van der Waals surface area contributed by atoms with Crippen LogP contribution < -0.4 is 0 Å². The maximum atomic E-state index is 12.7. The van der Waals surface area contributed by atoms with Gasteiger partial charge in [0, 0.05) is 15.6 Å². The van der Waals surface area contributed by atoms with Crippen molar-refractivity contribution < 1.29 is 4.79 Å². The summed E-state index contributed by atoms with van der Waals surface area (Å²) in [6.45, 7) is 0.309. The Bertz CT molecular complexity index is 719. The van der Waals surface area contributed by atoms with E-state index in [1.165, 1.54) is 6.33 Å². The summed E-state index contributed by atoms with van der Waals surface area (Å²) >= 11 is 12.1. The van der Waals surface area contributed by atoms with Gasteiger partial charge in [-0.1, -0.05) is 29.3 Å². The number of Topliss-reactive ketones (excluding diaryl/α,β-unsaturated/α-hetero) is 1. The van der Waals surface area contributed by atoms with E-state index >= 15 is 0 Å². The number of allylic oxidation sites excluding steroid dienone is 1. The molecular formula is C17H12Cl2N3O. The van der Waals surface area contributed by atoms with E-state index in [9.17, 15) is 4.79 Å². The Hall–Kier alpha value is -1.65. The summed E-state index contributed by atoms with van der Waals surface area (Å²) in [7, 11) is 0. The van der Waals surface area contributed by atoms with E-state index < -0.39 is 0 Å². The molecule has 0 amide bonds. The van der Waals surface area contributed by atoms with Crippen molar-refractivity contribution in [2.75, 3.05) is 0 Å². The molecule has 0 atom stereocenters. The molecule has 115 valence electrons. The topological polar surface area (TPSA) is 47.8 Å². The van der Waals surface area contributed by atoms with Crippen molar-refractivity contribution in [2.45, 2.75) is 6.54 Å². The van der Waals surface area contributed by atoms with Crippen LogP contribution in [-0.2, 0) is 11.3 Å². The predicted molar refractivity (Wildman–Crippen MR) is 89.9 cm³/mol. The maximum absolute atomic E-state index is 12.7. The van der Waals surface area contributed by atoms with Crippen molar-refractivity contribution in [3.8, 4) is 0 Å². The molecule has 23 heavy (non-hydrogen) atoms. The molecule has 1 saturated carbocycles. The van der Waals surface area contributed by atoms with E-state index in [1.807, 2.05) is 12.8 Å². The van der Waals surface area contributed by atoms with Crippen LogP contribution >= 0.6 is 23.2 Å². The van der Waals surface area contributed by atoms with Crippen LogP contribution in [0.2, 0.25) is 10.0 Å². The largest absolute Gasteiger partial charge is 0.294 e. The summed E-state index contributed by atoms with van der Waals surface area (Å²) in [5, 5.41) is 5.09. The van der Waals surface area contributed by atoms with Crippen LogP contribution in [0, 0.1) is 31.6 Å². The highest BCUT2D eigenvalue weighted by atomic mass is 35.5. The van der Waals surface area contributed by atoms with Crippen molar-refractivity contribution in [3.63, 3.8) is 0 Å². The highest BCUT2D eigenvalue weighted by Gasteiger charge is 2.27. The number of carbonyl (C=O) groups is 1. The molecule has 2 aromatic rings. The second-order valence-electron chi connectivity index (χ2n) is 4.93. The number of halogens is 2. The van der Waals surface area contributed by atoms with Gasteiger partial charge in [-0.25, -0.2) is 9.67 Å². The minimum Gasteiger partial charge on any atom is -0.294 e. The van der Waals surface area contributed by atoms with Gasteiger partial charge in [-0.3, -0.25) is 4.79 Å². The van der Waals surface area contributed by atoms with Gasteiger partial charge in [0.25, 0.3) is 0 Å². The quantitative estimate of drug-likeness (QED) is 0.778. The molecule has 1 fully saturated rings. The molecule has 4 nitrogen and oxygen atoms in total. The summed E-state index contributed by atoms with van der Waals surface area (Å²) in [4.78, 5) is 16.6. The molecule has 1 aromatic carbocycles. The molecule has 0 bridgehead atoms. The van der Waals surface area contributed by atoms with Gasteiger partial charge in [0.2, 0.25) is 0 Å². The van der Waals surface area contributed by atoms with Crippen LogP contribution in [-0.4, -0.2) is 20.5 Å². The van der Waals surface area contributed by atoms with Crippen molar-refractivity contribution >= 4 is 35.1 Å². The first-order valence-electron chi connectivity index (χ1n) is 6.88. The first-order valence-corrected chi connectivity index (χ1v) is 7.63. The third-order valence-corrected chi connectivity index (χ3v) is 3.87. The number of rotatable bonds is 5. The van der Waals surface area contributed by atoms with Gasteiger partial charge < -0.3 is 0 Å². The van der Waals surface area contributed by atoms with E-state index in [-0.39, 0.29) is 5.78 Å². The molecule has 1 aromatic heterocycles. The van der Waals surface area contributed by atoms with E-state index in [2.05, 4.69) is 10.1 Å². The molecule has 0 spiro atoms. The van der Waals surface area contributed by atoms with Gasteiger partial charge in [0.1, 0.15) is 12.7 Å². The minimum atomic E-state index is -0.0727. The highest BCUT2D eigenvalue weighted by Crippen LogP contribution is 2.29. The van der Waals surface area contributed by atoms with Gasteiger partial charge in [-0.05, 0) is 49.5 Å². The summed E-state index contributed by atoms with van der Waals surface area (Å²) in [6, 6.07) is 5.17. The standard InChI is InChI=1S/C17H12Cl2N3O/c18-15-6-5-13(16(19)8-15)7-14(9-22-11-20-10-21-22)17(23)12-3-1-2-4-12/h1-8,10-11H,9H2/b14-7+. The predicted octanol–water partition coefficient (Wildman–Crippen LogP) is 3.64. The molecule has 6 heteroatoms. The zero-order chi connectivity index (χ0) is 16.2. The SMILES string of the molecule is O=C([C]1[CH][CH][CH][CH]1)/C(=C/c1ccc(Cl)cc1Cl)Cn1cncn1. The van der Waals surface area contributed by atoms with Gasteiger partial charge in [0.15, 0.2) is 5.78 Å². The van der Waals surface area contributed by atoms with E-state index in [4.69, 9.17) is 23.2 Å². The number of ketones is 1. The van der Waals surface area contributed by atoms with Gasteiger partial charge in [-0.15, -0.1) is 0 Å². The van der Waals surface area contributed by atoms with Crippen LogP contribution in [0.3, 0.4) is 0 Å². The number of hydrogen-bond acceptors (Lipinski definition) is 3. The monoisotopic (exact) mass is 344 g/mol. The number of benzene rings is 1. The van der Waals surface area contributed by atoms with Gasteiger partial charge in [0.05, 0.1) is 12.5 Å². The molecule has 0 aliphatic heterocycles. The van der Waals surface area contributed by atoms with Crippen LogP contribution in [0.25, 0.3) is 6.08 Å². The fourth-order valence-corrected chi connectivity index (χ4v) is 2.65. The molecule has 0 N–H and O–H groups in total. The fraction of sp³-hybridized carbons (Fsp3) is 0.0588. The van der Waals surface area contributed by atoms with E-state index in [0.717, 1.165) is 5.56 Å². The molecule has 0 unspecified atom stereocenters. The zero-order valence-corrected chi connectivity index (χ0v) is 13.5. The molecule has 5 radical (unpaired) electrons. The van der Waals surface area contributed by atoms with Crippen LogP contribution in [0.5, 0.6) is 0 Å². The van der Waals surface area contributed by atoms with E-state index in [0.29, 0.717) is 28.1 Å². The van der Waals surface area contributed by atoms with Crippen molar-refractivity contribution in [1.82, 2.24) is 14.8 Å². The van der Waals surface area contributed by atoms with Crippen molar-refractivity contribution in [1.29, 1.82) is 0 Å². The zero-order valence-electron chi connectivity index (χ0n) is 12.0. The molecule has 1 heterocycles. The Balaban J connectivity index is 1.92. The van der Waals surface area contributed by atoms with Crippen molar-refractivity contribution in [2.24, 2.45) is 0 Å². The average Bonchev–Trinajstić information content (AvgIpc) is 3.21. The van der Waals surface area contributed by atoms with Crippen LogP contribution in [0.4, 0.5) is 0 Å². The summed E-state index contributed by atoms with van der Waals surface area (Å²) in [6.07, 6.45) is 12.0. The Morgan fingerprint density at radius 1 is 1.22 bits per heavy atom. The maximum Gasteiger partial charge on any atom is 0.168 e. The summed E-state index contributed by atoms with van der Waals surface area (Å²) in [5.74, 6) is 0.554. The molecule has 1 aliphatic rings. The summed E-state index contributed by atoms with van der Waals surface area (Å²) < 4.78 is 1.59.